The van der Waals surface area contributed by atoms with E-state index in [1.54, 1.807) is 12.1 Å². The average molecular weight is 413 g/mol. The summed E-state index contributed by atoms with van der Waals surface area (Å²) in [6.45, 7) is 1.36. The molecular formula is C18H12F5N3O3. The number of benzene rings is 2. The Bertz CT molecular complexity index is 1010. The van der Waals surface area contributed by atoms with Crippen LogP contribution in [0.4, 0.5) is 26.7 Å². The first kappa shape index (κ1) is 20.2. The van der Waals surface area contributed by atoms with Gasteiger partial charge < -0.3 is 10.1 Å². The van der Waals surface area contributed by atoms with E-state index in [9.17, 15) is 31.5 Å². The number of hydrogen-bond acceptors (Lipinski definition) is 4. The van der Waals surface area contributed by atoms with Crippen molar-refractivity contribution in [3.8, 4) is 5.75 Å². The van der Waals surface area contributed by atoms with Gasteiger partial charge in [-0.25, -0.2) is 26.7 Å². The SMILES string of the molecule is COc1ccc(C2(C)NC(=O)N(/N=C/c3c(F)c(F)c(F)c(F)c3F)C2=O)cc1. The number of halogens is 5. The van der Waals surface area contributed by atoms with Gasteiger partial charge in [0.05, 0.1) is 18.9 Å². The number of urea groups is 1. The molecule has 2 aromatic rings. The third kappa shape index (κ3) is 3.18. The van der Waals surface area contributed by atoms with Gasteiger partial charge in [0.15, 0.2) is 23.3 Å². The highest BCUT2D eigenvalue weighted by molar-refractivity contribution is 6.07. The van der Waals surface area contributed by atoms with Gasteiger partial charge in [0.1, 0.15) is 11.3 Å². The van der Waals surface area contributed by atoms with Crippen LogP contribution in [0.25, 0.3) is 0 Å². The summed E-state index contributed by atoms with van der Waals surface area (Å²) in [5.74, 6) is -11.4. The smallest absolute Gasteiger partial charge is 0.346 e. The van der Waals surface area contributed by atoms with Crippen molar-refractivity contribution < 1.29 is 36.3 Å². The minimum absolute atomic E-state index is 0.216. The van der Waals surface area contributed by atoms with Crippen LogP contribution in [0.3, 0.4) is 0 Å². The first-order chi connectivity index (χ1) is 13.6. The molecule has 1 atom stereocenters. The zero-order chi connectivity index (χ0) is 21.5. The molecular weight excluding hydrogens is 401 g/mol. The summed E-state index contributed by atoms with van der Waals surface area (Å²) in [6.07, 6.45) is 0.216. The summed E-state index contributed by atoms with van der Waals surface area (Å²) in [7, 11) is 1.44. The monoisotopic (exact) mass is 413 g/mol. The first-order valence-electron chi connectivity index (χ1n) is 7.98. The quantitative estimate of drug-likeness (QED) is 0.275. The minimum atomic E-state index is -2.33. The molecule has 1 unspecified atom stereocenters. The van der Waals surface area contributed by atoms with E-state index in [-0.39, 0.29) is 11.2 Å². The molecule has 1 aliphatic heterocycles. The Morgan fingerprint density at radius 1 is 0.966 bits per heavy atom. The van der Waals surface area contributed by atoms with Crippen molar-refractivity contribution in [2.75, 3.05) is 7.11 Å². The lowest BCUT2D eigenvalue weighted by molar-refractivity contribution is -0.131. The maximum atomic E-state index is 13.7. The van der Waals surface area contributed by atoms with E-state index in [2.05, 4.69) is 10.4 Å². The molecule has 1 aliphatic rings. The fourth-order valence-corrected chi connectivity index (χ4v) is 2.70. The Morgan fingerprint density at radius 3 is 2.00 bits per heavy atom. The zero-order valence-electron chi connectivity index (χ0n) is 14.9. The maximum absolute atomic E-state index is 13.7. The number of nitrogens with zero attached hydrogens (tertiary/aromatic N) is 2. The van der Waals surface area contributed by atoms with Crippen molar-refractivity contribution in [2.24, 2.45) is 5.10 Å². The predicted molar refractivity (Wildman–Crippen MR) is 89.5 cm³/mol. The molecule has 2 aromatic carbocycles. The van der Waals surface area contributed by atoms with Gasteiger partial charge in [0.2, 0.25) is 5.82 Å². The fraction of sp³-hybridized carbons (Fsp3) is 0.167. The maximum Gasteiger partial charge on any atom is 0.346 e. The Morgan fingerprint density at radius 2 is 1.48 bits per heavy atom. The van der Waals surface area contributed by atoms with E-state index >= 15 is 0 Å². The summed E-state index contributed by atoms with van der Waals surface area (Å²) < 4.78 is 72.1. The number of ether oxygens (including phenoxy) is 1. The van der Waals surface area contributed by atoms with Crippen LogP contribution in [0, 0.1) is 29.1 Å². The molecule has 29 heavy (non-hydrogen) atoms. The normalized spacial score (nSPS) is 19.2. The molecule has 1 fully saturated rings. The van der Waals surface area contributed by atoms with Crippen LogP contribution in [-0.2, 0) is 10.3 Å². The molecule has 1 N–H and O–H groups in total. The molecule has 0 radical (unpaired) electrons. The standard InChI is InChI=1S/C18H12F5N3O3/c1-18(8-3-5-9(29-2)6-4-8)16(27)26(17(28)25-18)24-7-10-11(19)13(21)15(23)14(22)12(10)20/h3-7H,1-2H3,(H,25,28)/b24-7+. The Balaban J connectivity index is 1.95. The summed E-state index contributed by atoms with van der Waals surface area (Å²) in [4.78, 5) is 24.8. The lowest BCUT2D eigenvalue weighted by Crippen LogP contribution is -2.40. The van der Waals surface area contributed by atoms with Gasteiger partial charge in [-0.1, -0.05) is 12.1 Å². The van der Waals surface area contributed by atoms with Crippen molar-refractivity contribution in [3.05, 3.63) is 64.5 Å². The molecule has 0 spiro atoms. The number of carbonyl (C=O) groups excluding carboxylic acids is 2. The van der Waals surface area contributed by atoms with E-state index in [1.165, 1.54) is 26.2 Å². The number of rotatable bonds is 4. The van der Waals surface area contributed by atoms with Crippen LogP contribution in [0.1, 0.15) is 18.1 Å². The molecule has 0 bridgehead atoms. The average Bonchev–Trinajstić information content (AvgIpc) is 2.94. The predicted octanol–water partition coefficient (Wildman–Crippen LogP) is 3.19. The van der Waals surface area contributed by atoms with Crippen molar-refractivity contribution in [2.45, 2.75) is 12.5 Å². The van der Waals surface area contributed by atoms with Crippen molar-refractivity contribution in [1.82, 2.24) is 10.3 Å². The first-order valence-corrected chi connectivity index (χ1v) is 7.98. The second-order valence-electron chi connectivity index (χ2n) is 6.13. The number of imide groups is 1. The van der Waals surface area contributed by atoms with Gasteiger partial charge in [-0.15, -0.1) is 5.01 Å². The minimum Gasteiger partial charge on any atom is -0.497 e. The Hall–Kier alpha value is -3.50. The van der Waals surface area contributed by atoms with Gasteiger partial charge in [-0.05, 0) is 24.6 Å². The zero-order valence-corrected chi connectivity index (χ0v) is 14.9. The highest BCUT2D eigenvalue weighted by Crippen LogP contribution is 2.30. The van der Waals surface area contributed by atoms with E-state index < -0.39 is 52.1 Å². The van der Waals surface area contributed by atoms with E-state index in [4.69, 9.17) is 4.74 Å². The largest absolute Gasteiger partial charge is 0.497 e. The Kier molecular flexibility index (Phi) is 4.99. The van der Waals surface area contributed by atoms with Crippen LogP contribution in [0.5, 0.6) is 5.75 Å². The van der Waals surface area contributed by atoms with Crippen molar-refractivity contribution >= 4 is 18.2 Å². The lowest BCUT2D eigenvalue weighted by Gasteiger charge is -2.21. The van der Waals surface area contributed by atoms with Crippen LogP contribution < -0.4 is 10.1 Å². The third-order valence-corrected chi connectivity index (χ3v) is 4.38. The van der Waals surface area contributed by atoms with Gasteiger partial charge in [-0.3, -0.25) is 4.79 Å². The molecule has 3 amide bonds. The third-order valence-electron chi connectivity index (χ3n) is 4.38. The second-order valence-corrected chi connectivity index (χ2v) is 6.13. The van der Waals surface area contributed by atoms with Crippen molar-refractivity contribution in [3.63, 3.8) is 0 Å². The second kappa shape index (κ2) is 7.15. The molecule has 6 nitrogen and oxygen atoms in total. The van der Waals surface area contributed by atoms with Crippen molar-refractivity contribution in [1.29, 1.82) is 0 Å². The highest BCUT2D eigenvalue weighted by atomic mass is 19.2. The van der Waals surface area contributed by atoms with Gasteiger partial charge in [0.25, 0.3) is 5.91 Å². The number of nitrogens with one attached hydrogen (secondary N) is 1. The number of hydrazone groups is 1. The number of hydrogen-bond donors (Lipinski definition) is 1. The number of carbonyl (C=O) groups is 2. The van der Waals surface area contributed by atoms with E-state index in [1.807, 2.05) is 0 Å². The number of methoxy groups -OCH3 is 1. The van der Waals surface area contributed by atoms with Crippen LogP contribution >= 0.6 is 0 Å². The Labute approximate surface area is 160 Å². The topological polar surface area (TPSA) is 71.0 Å². The van der Waals surface area contributed by atoms with Gasteiger partial charge >= 0.3 is 6.03 Å². The van der Waals surface area contributed by atoms with E-state index in [0.717, 1.165) is 0 Å². The fourth-order valence-electron chi connectivity index (χ4n) is 2.70. The molecule has 3 rings (SSSR count). The summed E-state index contributed by atoms with van der Waals surface area (Å²) >= 11 is 0. The molecule has 1 saturated heterocycles. The molecule has 0 aromatic heterocycles. The summed E-state index contributed by atoms with van der Waals surface area (Å²) in [6, 6.07) is 5.05. The molecule has 0 aliphatic carbocycles. The molecule has 1 heterocycles. The van der Waals surface area contributed by atoms with Crippen LogP contribution in [0.2, 0.25) is 0 Å². The van der Waals surface area contributed by atoms with Crippen LogP contribution in [0.15, 0.2) is 29.4 Å². The van der Waals surface area contributed by atoms with Crippen LogP contribution in [-0.4, -0.2) is 30.3 Å². The molecule has 0 saturated carbocycles. The van der Waals surface area contributed by atoms with Gasteiger partial charge in [0, 0.05) is 0 Å². The molecule has 11 heteroatoms. The highest BCUT2D eigenvalue weighted by Gasteiger charge is 2.49. The van der Waals surface area contributed by atoms with E-state index in [0.29, 0.717) is 11.3 Å². The lowest BCUT2D eigenvalue weighted by atomic mass is 9.92. The molecule has 152 valence electrons. The van der Waals surface area contributed by atoms with Gasteiger partial charge in [-0.2, -0.15) is 5.10 Å². The number of amides is 3. The summed E-state index contributed by atoms with van der Waals surface area (Å²) in [5.41, 5.74) is -2.61. The summed E-state index contributed by atoms with van der Waals surface area (Å²) in [5, 5.41) is 5.94.